The zero-order valence-corrected chi connectivity index (χ0v) is 13.0. The Kier molecular flexibility index (Phi) is 3.59. The summed E-state index contributed by atoms with van der Waals surface area (Å²) in [7, 11) is 0. The van der Waals surface area contributed by atoms with Crippen molar-refractivity contribution in [3.63, 3.8) is 0 Å². The Hall–Kier alpha value is -2.60. The summed E-state index contributed by atoms with van der Waals surface area (Å²) in [5, 5.41) is 4.45. The van der Waals surface area contributed by atoms with Gasteiger partial charge in [0.15, 0.2) is 5.82 Å². The molecule has 1 aliphatic rings. The van der Waals surface area contributed by atoms with E-state index in [1.807, 2.05) is 31.3 Å². The smallest absolute Gasteiger partial charge is 0.162 e. The Morgan fingerprint density at radius 3 is 2.57 bits per heavy atom. The van der Waals surface area contributed by atoms with Crippen LogP contribution in [-0.4, -0.2) is 46.1 Å². The van der Waals surface area contributed by atoms with Crippen molar-refractivity contribution in [2.75, 3.05) is 31.1 Å². The molecule has 6 nitrogen and oxygen atoms in total. The van der Waals surface area contributed by atoms with Gasteiger partial charge in [-0.05, 0) is 25.1 Å². The molecular formula is C17H18N6. The fraction of sp³-hybridized carbons (Fsp3) is 0.294. The molecule has 1 N–H and O–H groups in total. The number of piperazine rings is 1. The predicted octanol–water partition coefficient (Wildman–Crippen LogP) is 1.80. The minimum atomic E-state index is 0.726. The molecule has 0 bridgehead atoms. The van der Waals surface area contributed by atoms with Gasteiger partial charge in [0.2, 0.25) is 0 Å². The molecule has 0 aromatic carbocycles. The number of nitrogens with zero attached hydrogens (tertiary/aromatic N) is 5. The third-order valence-electron chi connectivity index (χ3n) is 4.13. The first kappa shape index (κ1) is 14.0. The average molecular weight is 306 g/mol. The SMILES string of the molecule is Cc1nccc2c(N3CCNCC3)nc(-c3ccncc3)nc12. The summed E-state index contributed by atoms with van der Waals surface area (Å²) < 4.78 is 0. The summed E-state index contributed by atoms with van der Waals surface area (Å²) >= 11 is 0. The maximum Gasteiger partial charge on any atom is 0.162 e. The van der Waals surface area contributed by atoms with Crippen LogP contribution in [0, 0.1) is 6.92 Å². The lowest BCUT2D eigenvalue weighted by Gasteiger charge is -2.29. The zero-order valence-electron chi connectivity index (χ0n) is 13.0. The molecular weight excluding hydrogens is 288 g/mol. The zero-order chi connectivity index (χ0) is 15.6. The number of nitrogens with one attached hydrogen (secondary N) is 1. The van der Waals surface area contributed by atoms with Crippen molar-refractivity contribution in [2.24, 2.45) is 0 Å². The standard InChI is InChI=1S/C17H18N6/c1-12-15-14(4-7-20-12)17(23-10-8-19-9-11-23)22-16(21-15)13-2-5-18-6-3-13/h2-7,19H,8-11H2,1H3. The molecule has 0 aliphatic carbocycles. The van der Waals surface area contributed by atoms with Gasteiger partial charge in [-0.1, -0.05) is 0 Å². The van der Waals surface area contributed by atoms with E-state index in [-0.39, 0.29) is 0 Å². The number of pyridine rings is 2. The molecule has 1 fully saturated rings. The summed E-state index contributed by atoms with van der Waals surface area (Å²) in [5.74, 6) is 1.72. The van der Waals surface area contributed by atoms with Crippen LogP contribution in [0.3, 0.4) is 0 Å². The van der Waals surface area contributed by atoms with Crippen molar-refractivity contribution < 1.29 is 0 Å². The van der Waals surface area contributed by atoms with Crippen LogP contribution in [0.2, 0.25) is 0 Å². The number of fused-ring (bicyclic) bond motifs is 1. The van der Waals surface area contributed by atoms with E-state index in [2.05, 4.69) is 20.2 Å². The van der Waals surface area contributed by atoms with Gasteiger partial charge in [0.05, 0.1) is 11.2 Å². The van der Waals surface area contributed by atoms with Crippen molar-refractivity contribution in [3.05, 3.63) is 42.5 Å². The predicted molar refractivity (Wildman–Crippen MR) is 90.4 cm³/mol. The van der Waals surface area contributed by atoms with Crippen LogP contribution in [0.5, 0.6) is 0 Å². The highest BCUT2D eigenvalue weighted by molar-refractivity contribution is 5.92. The molecule has 0 radical (unpaired) electrons. The summed E-state index contributed by atoms with van der Waals surface area (Å²) in [5.41, 5.74) is 2.82. The van der Waals surface area contributed by atoms with Crippen LogP contribution in [0.25, 0.3) is 22.3 Å². The largest absolute Gasteiger partial charge is 0.353 e. The van der Waals surface area contributed by atoms with E-state index in [0.29, 0.717) is 0 Å². The second-order valence-electron chi connectivity index (χ2n) is 5.64. The second-order valence-corrected chi connectivity index (χ2v) is 5.64. The van der Waals surface area contributed by atoms with Crippen molar-refractivity contribution >= 4 is 16.7 Å². The fourth-order valence-corrected chi connectivity index (χ4v) is 2.92. The lowest BCUT2D eigenvalue weighted by molar-refractivity contribution is 0.586. The lowest BCUT2D eigenvalue weighted by atomic mass is 10.2. The maximum atomic E-state index is 4.87. The van der Waals surface area contributed by atoms with E-state index in [1.165, 1.54) is 0 Å². The summed E-state index contributed by atoms with van der Waals surface area (Å²) in [4.78, 5) is 20.4. The van der Waals surface area contributed by atoms with Crippen LogP contribution < -0.4 is 10.2 Å². The van der Waals surface area contributed by atoms with Gasteiger partial charge >= 0.3 is 0 Å². The first-order valence-corrected chi connectivity index (χ1v) is 7.82. The van der Waals surface area contributed by atoms with Gasteiger partial charge < -0.3 is 10.2 Å². The Bertz CT molecular complexity index is 827. The molecule has 6 heteroatoms. The fourth-order valence-electron chi connectivity index (χ4n) is 2.92. The monoisotopic (exact) mass is 306 g/mol. The van der Waals surface area contributed by atoms with Gasteiger partial charge in [-0.15, -0.1) is 0 Å². The minimum Gasteiger partial charge on any atom is -0.353 e. The number of aryl methyl sites for hydroxylation is 1. The van der Waals surface area contributed by atoms with Gasteiger partial charge in [0, 0.05) is 55.7 Å². The molecule has 1 saturated heterocycles. The molecule has 0 atom stereocenters. The Labute approximate surface area is 134 Å². The second kappa shape index (κ2) is 5.89. The van der Waals surface area contributed by atoms with E-state index in [9.17, 15) is 0 Å². The first-order chi connectivity index (χ1) is 11.3. The van der Waals surface area contributed by atoms with Gasteiger partial charge in [-0.25, -0.2) is 9.97 Å². The average Bonchev–Trinajstić information content (AvgIpc) is 2.63. The lowest BCUT2D eigenvalue weighted by Crippen LogP contribution is -2.44. The Balaban J connectivity index is 1.93. The summed E-state index contributed by atoms with van der Waals surface area (Å²) in [6, 6.07) is 5.89. The highest BCUT2D eigenvalue weighted by Gasteiger charge is 2.18. The Morgan fingerprint density at radius 1 is 1.00 bits per heavy atom. The van der Waals surface area contributed by atoms with E-state index in [0.717, 1.165) is 60.0 Å². The molecule has 3 aromatic heterocycles. The van der Waals surface area contributed by atoms with E-state index in [4.69, 9.17) is 9.97 Å². The number of hydrogen-bond donors (Lipinski definition) is 1. The van der Waals surface area contributed by atoms with Crippen molar-refractivity contribution in [1.29, 1.82) is 0 Å². The van der Waals surface area contributed by atoms with Crippen molar-refractivity contribution in [3.8, 4) is 11.4 Å². The molecule has 0 saturated carbocycles. The van der Waals surface area contributed by atoms with Gasteiger partial charge in [0.25, 0.3) is 0 Å². The molecule has 0 amide bonds. The molecule has 0 spiro atoms. The quantitative estimate of drug-likeness (QED) is 0.779. The molecule has 1 aliphatic heterocycles. The summed E-state index contributed by atoms with van der Waals surface area (Å²) in [6.07, 6.45) is 5.37. The number of aromatic nitrogens is 4. The third-order valence-corrected chi connectivity index (χ3v) is 4.13. The molecule has 23 heavy (non-hydrogen) atoms. The molecule has 0 unspecified atom stereocenters. The topological polar surface area (TPSA) is 66.8 Å². The number of hydrogen-bond acceptors (Lipinski definition) is 6. The van der Waals surface area contributed by atoms with Gasteiger partial charge in [-0.2, -0.15) is 0 Å². The van der Waals surface area contributed by atoms with Crippen molar-refractivity contribution in [2.45, 2.75) is 6.92 Å². The van der Waals surface area contributed by atoms with Gasteiger partial charge in [-0.3, -0.25) is 9.97 Å². The number of rotatable bonds is 2. The first-order valence-electron chi connectivity index (χ1n) is 7.82. The van der Waals surface area contributed by atoms with Crippen LogP contribution in [0.1, 0.15) is 5.69 Å². The highest BCUT2D eigenvalue weighted by atomic mass is 15.2. The van der Waals surface area contributed by atoms with Crippen LogP contribution in [0.15, 0.2) is 36.8 Å². The Morgan fingerprint density at radius 2 is 1.78 bits per heavy atom. The van der Waals surface area contributed by atoms with E-state index >= 15 is 0 Å². The van der Waals surface area contributed by atoms with Gasteiger partial charge in [0.1, 0.15) is 5.82 Å². The number of anilines is 1. The van der Waals surface area contributed by atoms with Crippen LogP contribution in [0.4, 0.5) is 5.82 Å². The molecule has 4 rings (SSSR count). The highest BCUT2D eigenvalue weighted by Crippen LogP contribution is 2.28. The molecule has 3 aromatic rings. The molecule has 116 valence electrons. The van der Waals surface area contributed by atoms with Crippen LogP contribution in [-0.2, 0) is 0 Å². The normalized spacial score (nSPS) is 15.1. The van der Waals surface area contributed by atoms with E-state index in [1.54, 1.807) is 12.4 Å². The molecule has 4 heterocycles. The summed E-state index contributed by atoms with van der Waals surface area (Å²) in [6.45, 7) is 5.83. The van der Waals surface area contributed by atoms with Crippen molar-refractivity contribution in [1.82, 2.24) is 25.3 Å². The minimum absolute atomic E-state index is 0.726. The van der Waals surface area contributed by atoms with E-state index < -0.39 is 0 Å². The maximum absolute atomic E-state index is 4.87. The van der Waals surface area contributed by atoms with Crippen LogP contribution >= 0.6 is 0 Å². The third kappa shape index (κ3) is 2.61.